The van der Waals surface area contributed by atoms with Crippen molar-refractivity contribution in [2.24, 2.45) is 5.92 Å². The first-order chi connectivity index (χ1) is 13.0. The van der Waals surface area contributed by atoms with Gasteiger partial charge in [-0.15, -0.1) is 0 Å². The van der Waals surface area contributed by atoms with Crippen LogP contribution in [-0.4, -0.2) is 40.0 Å². The third-order valence-corrected chi connectivity index (χ3v) is 7.37. The summed E-state index contributed by atoms with van der Waals surface area (Å²) in [5.41, 5.74) is 1.85. The van der Waals surface area contributed by atoms with Crippen molar-refractivity contribution in [2.75, 3.05) is 27.3 Å². The summed E-state index contributed by atoms with van der Waals surface area (Å²) in [4.78, 5) is 0.355. The first kappa shape index (κ1) is 19.9. The molecule has 1 aliphatic rings. The lowest BCUT2D eigenvalue weighted by Crippen LogP contribution is -2.40. The smallest absolute Gasteiger partial charge is 0.243 e. The molecule has 146 valence electrons. The van der Waals surface area contributed by atoms with E-state index in [2.05, 4.69) is 12.1 Å². The quantitative estimate of drug-likeness (QED) is 0.754. The Bertz CT molecular complexity index is 859. The van der Waals surface area contributed by atoms with Crippen molar-refractivity contribution < 1.29 is 17.9 Å². The van der Waals surface area contributed by atoms with E-state index in [1.807, 2.05) is 18.2 Å². The van der Waals surface area contributed by atoms with E-state index in [4.69, 9.17) is 9.47 Å². The maximum absolute atomic E-state index is 13.1. The maximum Gasteiger partial charge on any atom is 0.243 e. The topological polar surface area (TPSA) is 55.8 Å². The molecule has 0 amide bonds. The molecule has 2 aromatic rings. The highest BCUT2D eigenvalue weighted by Crippen LogP contribution is 2.35. The molecule has 27 heavy (non-hydrogen) atoms. The Morgan fingerprint density at radius 1 is 1.04 bits per heavy atom. The van der Waals surface area contributed by atoms with Crippen LogP contribution in [0.15, 0.2) is 53.4 Å². The Kier molecular flexibility index (Phi) is 6.19. The van der Waals surface area contributed by atoms with E-state index < -0.39 is 10.0 Å². The highest BCUT2D eigenvalue weighted by atomic mass is 32.2. The van der Waals surface area contributed by atoms with Crippen molar-refractivity contribution in [3.63, 3.8) is 0 Å². The van der Waals surface area contributed by atoms with E-state index in [-0.39, 0.29) is 6.10 Å². The molecule has 1 heterocycles. The van der Waals surface area contributed by atoms with E-state index in [0.717, 1.165) is 18.4 Å². The average molecular weight is 390 g/mol. The molecule has 0 saturated carbocycles. The molecule has 1 saturated heterocycles. The SMILES string of the molecule is COc1ccc(S(=O)(=O)N2CCC(C(OC)c3ccccc3)CC2)c(C)c1. The average Bonchev–Trinajstić information content (AvgIpc) is 2.69. The molecule has 2 aromatic carbocycles. The number of sulfonamides is 1. The van der Waals surface area contributed by atoms with Crippen LogP contribution >= 0.6 is 0 Å². The molecule has 0 bridgehead atoms. The zero-order chi connectivity index (χ0) is 19.4. The fourth-order valence-electron chi connectivity index (χ4n) is 3.84. The van der Waals surface area contributed by atoms with Crippen LogP contribution in [-0.2, 0) is 14.8 Å². The summed E-state index contributed by atoms with van der Waals surface area (Å²) >= 11 is 0. The molecule has 0 N–H and O–H groups in total. The molecule has 1 fully saturated rings. The van der Waals surface area contributed by atoms with E-state index in [1.165, 1.54) is 0 Å². The number of aryl methyl sites for hydroxylation is 1. The molecule has 3 rings (SSSR count). The van der Waals surface area contributed by atoms with E-state index >= 15 is 0 Å². The minimum atomic E-state index is -3.50. The zero-order valence-electron chi connectivity index (χ0n) is 16.1. The Hall–Kier alpha value is -1.89. The van der Waals surface area contributed by atoms with Gasteiger partial charge in [0.2, 0.25) is 10.0 Å². The summed E-state index contributed by atoms with van der Waals surface area (Å²) < 4.78 is 38.7. The van der Waals surface area contributed by atoms with Crippen LogP contribution in [0.3, 0.4) is 0 Å². The van der Waals surface area contributed by atoms with Crippen LogP contribution in [0, 0.1) is 12.8 Å². The minimum absolute atomic E-state index is 0.00113. The third kappa shape index (κ3) is 4.18. The van der Waals surface area contributed by atoms with Crippen LogP contribution in [0.2, 0.25) is 0 Å². The number of piperidine rings is 1. The molecular weight excluding hydrogens is 362 g/mol. The van der Waals surface area contributed by atoms with E-state index in [1.54, 1.807) is 43.6 Å². The van der Waals surface area contributed by atoms with Gasteiger partial charge in [-0.1, -0.05) is 30.3 Å². The second kappa shape index (κ2) is 8.42. The van der Waals surface area contributed by atoms with E-state index in [9.17, 15) is 8.42 Å². The predicted molar refractivity (Wildman–Crippen MR) is 105 cm³/mol. The Morgan fingerprint density at radius 2 is 1.70 bits per heavy atom. The summed E-state index contributed by atoms with van der Waals surface area (Å²) in [5, 5.41) is 0. The van der Waals surface area contributed by atoms with Gasteiger partial charge in [0.05, 0.1) is 18.1 Å². The summed E-state index contributed by atoms with van der Waals surface area (Å²) in [7, 11) is -0.201. The molecule has 0 spiro atoms. The standard InChI is InChI=1S/C21H27NO4S/c1-16-15-19(25-2)9-10-20(16)27(23,24)22-13-11-18(12-14-22)21(26-3)17-7-5-4-6-8-17/h4-10,15,18,21H,11-14H2,1-3H3. The fourth-order valence-corrected chi connectivity index (χ4v) is 5.52. The number of benzene rings is 2. The number of rotatable bonds is 6. The van der Waals surface area contributed by atoms with Gasteiger partial charge in [-0.3, -0.25) is 0 Å². The number of hydrogen-bond acceptors (Lipinski definition) is 4. The Morgan fingerprint density at radius 3 is 2.26 bits per heavy atom. The second-order valence-electron chi connectivity index (χ2n) is 6.94. The Labute approximate surface area is 162 Å². The van der Waals surface area contributed by atoms with Gasteiger partial charge in [0.1, 0.15) is 5.75 Å². The van der Waals surface area contributed by atoms with Crippen molar-refractivity contribution in [2.45, 2.75) is 30.8 Å². The van der Waals surface area contributed by atoms with Gasteiger partial charge >= 0.3 is 0 Å². The summed E-state index contributed by atoms with van der Waals surface area (Å²) in [6, 6.07) is 15.2. The summed E-state index contributed by atoms with van der Waals surface area (Å²) in [6.07, 6.45) is 1.56. The number of nitrogens with zero attached hydrogens (tertiary/aromatic N) is 1. The van der Waals surface area contributed by atoms with Crippen LogP contribution in [0.4, 0.5) is 0 Å². The fraction of sp³-hybridized carbons (Fsp3) is 0.429. The molecule has 1 aliphatic heterocycles. The van der Waals surface area contributed by atoms with Crippen LogP contribution < -0.4 is 4.74 Å². The minimum Gasteiger partial charge on any atom is -0.497 e. The molecular formula is C21H27NO4S. The van der Waals surface area contributed by atoms with Gasteiger partial charge in [-0.05, 0) is 55.0 Å². The van der Waals surface area contributed by atoms with Gasteiger partial charge < -0.3 is 9.47 Å². The first-order valence-electron chi connectivity index (χ1n) is 9.20. The van der Waals surface area contributed by atoms with Gasteiger partial charge in [0.15, 0.2) is 0 Å². The predicted octanol–water partition coefficient (Wildman–Crippen LogP) is 3.79. The van der Waals surface area contributed by atoms with Crippen LogP contribution in [0.25, 0.3) is 0 Å². The molecule has 0 aromatic heterocycles. The maximum atomic E-state index is 13.1. The molecule has 5 nitrogen and oxygen atoms in total. The lowest BCUT2D eigenvalue weighted by molar-refractivity contribution is 0.0303. The normalized spacial score (nSPS) is 17.6. The van der Waals surface area contributed by atoms with Crippen molar-refractivity contribution >= 4 is 10.0 Å². The Balaban J connectivity index is 1.73. The van der Waals surface area contributed by atoms with Gasteiger partial charge in [-0.25, -0.2) is 8.42 Å². The molecule has 6 heteroatoms. The second-order valence-corrected chi connectivity index (χ2v) is 8.85. The number of methoxy groups -OCH3 is 2. The monoisotopic (exact) mass is 389 g/mol. The summed E-state index contributed by atoms with van der Waals surface area (Å²) in [6.45, 7) is 2.81. The molecule has 1 unspecified atom stereocenters. The first-order valence-corrected chi connectivity index (χ1v) is 10.6. The molecule has 1 atom stereocenters. The summed E-state index contributed by atoms with van der Waals surface area (Å²) in [5.74, 6) is 0.969. The number of ether oxygens (including phenoxy) is 2. The van der Waals surface area contributed by atoms with Gasteiger partial charge in [0, 0.05) is 20.2 Å². The van der Waals surface area contributed by atoms with Gasteiger partial charge in [0.25, 0.3) is 0 Å². The van der Waals surface area contributed by atoms with Gasteiger partial charge in [-0.2, -0.15) is 4.31 Å². The molecule has 0 aliphatic carbocycles. The highest BCUT2D eigenvalue weighted by Gasteiger charge is 2.33. The lowest BCUT2D eigenvalue weighted by Gasteiger charge is -2.35. The largest absolute Gasteiger partial charge is 0.497 e. The highest BCUT2D eigenvalue weighted by molar-refractivity contribution is 7.89. The van der Waals surface area contributed by atoms with Crippen molar-refractivity contribution in [1.82, 2.24) is 4.31 Å². The van der Waals surface area contributed by atoms with Crippen molar-refractivity contribution in [1.29, 1.82) is 0 Å². The molecule has 0 radical (unpaired) electrons. The van der Waals surface area contributed by atoms with Crippen LogP contribution in [0.5, 0.6) is 5.75 Å². The van der Waals surface area contributed by atoms with Crippen molar-refractivity contribution in [3.8, 4) is 5.75 Å². The third-order valence-electron chi connectivity index (χ3n) is 5.31. The zero-order valence-corrected chi connectivity index (χ0v) is 16.9. The van der Waals surface area contributed by atoms with Crippen LogP contribution in [0.1, 0.15) is 30.1 Å². The number of hydrogen-bond donors (Lipinski definition) is 0. The van der Waals surface area contributed by atoms with E-state index in [0.29, 0.717) is 35.2 Å². The van der Waals surface area contributed by atoms with Crippen molar-refractivity contribution in [3.05, 3.63) is 59.7 Å². The lowest BCUT2D eigenvalue weighted by atomic mass is 9.88.